The first kappa shape index (κ1) is 23.2. The second kappa shape index (κ2) is 9.12. The largest absolute Gasteiger partial charge is 0.497 e. The van der Waals surface area contributed by atoms with E-state index in [2.05, 4.69) is 0 Å². The lowest BCUT2D eigenvalue weighted by Gasteiger charge is -2.14. The van der Waals surface area contributed by atoms with Gasteiger partial charge in [0.2, 0.25) is 0 Å². The smallest absolute Gasteiger partial charge is 0.318 e. The quantitative estimate of drug-likeness (QED) is 0.477. The molecule has 174 valence electrons. The average molecular weight is 480 g/mol. The molecule has 34 heavy (non-hydrogen) atoms. The van der Waals surface area contributed by atoms with Gasteiger partial charge in [-0.05, 0) is 54.4 Å². The predicted octanol–water partition coefficient (Wildman–Crippen LogP) is 3.61. The molecule has 0 aliphatic carbocycles. The number of imide groups is 1. The van der Waals surface area contributed by atoms with Crippen LogP contribution in [0, 0.1) is 6.92 Å². The van der Waals surface area contributed by atoms with Crippen LogP contribution in [0.15, 0.2) is 77.7 Å². The van der Waals surface area contributed by atoms with Gasteiger partial charge in [-0.1, -0.05) is 42.0 Å². The Morgan fingerprint density at radius 3 is 1.44 bits per heavy atom. The summed E-state index contributed by atoms with van der Waals surface area (Å²) >= 11 is 0. The molecule has 0 unspecified atom stereocenters. The third-order valence-electron chi connectivity index (χ3n) is 5.29. The Bertz CT molecular complexity index is 1310. The fourth-order valence-electron chi connectivity index (χ4n) is 3.47. The molecule has 0 saturated carbocycles. The maximum atomic E-state index is 13.3. The van der Waals surface area contributed by atoms with Crippen LogP contribution in [-0.2, 0) is 24.0 Å². The average Bonchev–Trinajstić information content (AvgIpc) is 3.09. The van der Waals surface area contributed by atoms with Crippen LogP contribution in [0.5, 0.6) is 11.5 Å². The molecule has 4 rings (SSSR count). The first-order valence-electron chi connectivity index (χ1n) is 10.2. The van der Waals surface area contributed by atoms with Gasteiger partial charge in [-0.25, -0.2) is 0 Å². The molecule has 1 heterocycles. The monoisotopic (exact) mass is 479 g/mol. The van der Waals surface area contributed by atoms with E-state index in [0.29, 0.717) is 22.6 Å². The predicted molar refractivity (Wildman–Crippen MR) is 124 cm³/mol. The summed E-state index contributed by atoms with van der Waals surface area (Å²) in [7, 11) is -1.43. The molecule has 0 bridgehead atoms. The first-order chi connectivity index (χ1) is 16.2. The number of ether oxygens (including phenoxy) is 2. The van der Waals surface area contributed by atoms with Crippen molar-refractivity contribution >= 4 is 33.1 Å². The van der Waals surface area contributed by atoms with Gasteiger partial charge < -0.3 is 9.47 Å². The standard InChI is InChI=1S/C25H21NO7S/c1-16-4-14-21(15-5-16)34(29,30)33-26-24(27)22(17-6-10-19(31-2)11-7-17)23(25(26)28)18-8-12-20(32-3)13-9-18/h4-15H,1-3H3. The number of hydrogen-bond acceptors (Lipinski definition) is 7. The summed E-state index contributed by atoms with van der Waals surface area (Å²) < 4.78 is 41.0. The van der Waals surface area contributed by atoms with Crippen LogP contribution in [0.4, 0.5) is 0 Å². The van der Waals surface area contributed by atoms with E-state index < -0.39 is 21.9 Å². The topological polar surface area (TPSA) is 99.2 Å². The van der Waals surface area contributed by atoms with Crippen molar-refractivity contribution in [1.82, 2.24) is 5.06 Å². The number of amides is 2. The van der Waals surface area contributed by atoms with Crippen LogP contribution in [0.1, 0.15) is 16.7 Å². The number of nitrogens with zero attached hydrogens (tertiary/aromatic N) is 1. The Morgan fingerprint density at radius 2 is 1.06 bits per heavy atom. The van der Waals surface area contributed by atoms with Crippen LogP contribution >= 0.6 is 0 Å². The molecule has 0 atom stereocenters. The van der Waals surface area contributed by atoms with Crippen LogP contribution in [0.3, 0.4) is 0 Å². The number of benzene rings is 3. The van der Waals surface area contributed by atoms with E-state index in [1.807, 2.05) is 0 Å². The van der Waals surface area contributed by atoms with E-state index in [0.717, 1.165) is 5.56 Å². The highest BCUT2D eigenvalue weighted by Crippen LogP contribution is 2.37. The molecule has 3 aromatic rings. The maximum absolute atomic E-state index is 13.3. The normalized spacial score (nSPS) is 14.0. The third kappa shape index (κ3) is 4.30. The van der Waals surface area contributed by atoms with Crippen molar-refractivity contribution in [2.75, 3.05) is 14.2 Å². The lowest BCUT2D eigenvalue weighted by Crippen LogP contribution is -2.34. The van der Waals surface area contributed by atoms with Gasteiger partial charge in [0.1, 0.15) is 11.5 Å². The van der Waals surface area contributed by atoms with Crippen molar-refractivity contribution in [3.05, 3.63) is 89.5 Å². The first-order valence-corrected chi connectivity index (χ1v) is 11.6. The van der Waals surface area contributed by atoms with Crippen LogP contribution in [0.2, 0.25) is 0 Å². The summed E-state index contributed by atoms with van der Waals surface area (Å²) in [5, 5.41) is 0.286. The van der Waals surface area contributed by atoms with Crippen molar-refractivity contribution in [2.45, 2.75) is 11.8 Å². The van der Waals surface area contributed by atoms with Gasteiger partial charge in [-0.3, -0.25) is 9.59 Å². The Hall–Kier alpha value is -3.95. The molecule has 0 fully saturated rings. The van der Waals surface area contributed by atoms with Gasteiger partial charge in [-0.15, -0.1) is 9.35 Å². The summed E-state index contributed by atoms with van der Waals surface area (Å²) in [6.07, 6.45) is 0. The molecule has 9 heteroatoms. The zero-order valence-electron chi connectivity index (χ0n) is 18.6. The Labute approximate surface area is 197 Å². The molecule has 1 aliphatic rings. The van der Waals surface area contributed by atoms with Crippen molar-refractivity contribution < 1.29 is 31.8 Å². The third-order valence-corrected chi connectivity index (χ3v) is 6.48. The van der Waals surface area contributed by atoms with E-state index >= 15 is 0 Å². The van der Waals surface area contributed by atoms with Gasteiger partial charge >= 0.3 is 10.1 Å². The summed E-state index contributed by atoms with van der Waals surface area (Å²) in [6.45, 7) is 1.80. The summed E-state index contributed by atoms with van der Waals surface area (Å²) in [5.41, 5.74) is 1.68. The van der Waals surface area contributed by atoms with E-state index in [4.69, 9.17) is 13.8 Å². The second-order valence-corrected chi connectivity index (χ2v) is 8.98. The Balaban J connectivity index is 1.78. The van der Waals surface area contributed by atoms with E-state index in [1.54, 1.807) is 67.6 Å². The fraction of sp³-hybridized carbons (Fsp3) is 0.120. The highest BCUT2D eigenvalue weighted by atomic mass is 32.2. The maximum Gasteiger partial charge on any atom is 0.318 e. The zero-order valence-corrected chi connectivity index (χ0v) is 19.5. The van der Waals surface area contributed by atoms with Crippen LogP contribution < -0.4 is 9.47 Å². The van der Waals surface area contributed by atoms with Gasteiger partial charge in [0, 0.05) is 0 Å². The highest BCUT2D eigenvalue weighted by molar-refractivity contribution is 7.86. The molecule has 0 aromatic heterocycles. The Morgan fingerprint density at radius 1 is 0.647 bits per heavy atom. The molecule has 0 spiro atoms. The Kier molecular flexibility index (Phi) is 6.23. The number of carbonyl (C=O) groups excluding carboxylic acids is 2. The van der Waals surface area contributed by atoms with Crippen molar-refractivity contribution in [1.29, 1.82) is 0 Å². The number of carbonyl (C=O) groups is 2. The molecule has 0 saturated heterocycles. The number of hydroxylamine groups is 2. The summed E-state index contributed by atoms with van der Waals surface area (Å²) in [4.78, 5) is 26.5. The van der Waals surface area contributed by atoms with Crippen molar-refractivity contribution in [3.63, 3.8) is 0 Å². The molecule has 1 aliphatic heterocycles. The van der Waals surface area contributed by atoms with Crippen LogP contribution in [-0.4, -0.2) is 39.5 Å². The molecule has 0 N–H and O–H groups in total. The minimum atomic E-state index is -4.44. The lowest BCUT2D eigenvalue weighted by molar-refractivity contribution is -0.160. The zero-order chi connectivity index (χ0) is 24.5. The van der Waals surface area contributed by atoms with E-state index in [9.17, 15) is 18.0 Å². The number of rotatable bonds is 7. The van der Waals surface area contributed by atoms with Gasteiger partial charge in [0.05, 0.1) is 30.3 Å². The van der Waals surface area contributed by atoms with Crippen molar-refractivity contribution in [2.24, 2.45) is 0 Å². The van der Waals surface area contributed by atoms with Crippen LogP contribution in [0.25, 0.3) is 11.1 Å². The minimum absolute atomic E-state index is 0.0110. The second-order valence-electron chi connectivity index (χ2n) is 7.45. The van der Waals surface area contributed by atoms with Crippen molar-refractivity contribution in [3.8, 4) is 11.5 Å². The minimum Gasteiger partial charge on any atom is -0.497 e. The van der Waals surface area contributed by atoms with Gasteiger partial charge in [0.15, 0.2) is 0 Å². The summed E-state index contributed by atoms with van der Waals surface area (Å²) in [6, 6.07) is 18.9. The number of methoxy groups -OCH3 is 2. The number of aryl methyl sites for hydroxylation is 1. The molecular formula is C25H21NO7S. The number of hydrogen-bond donors (Lipinski definition) is 0. The SMILES string of the molecule is COc1ccc(C2=C(c3ccc(OC)cc3)C(=O)N(OS(=O)(=O)c3ccc(C)cc3)C2=O)cc1. The molecule has 8 nitrogen and oxygen atoms in total. The highest BCUT2D eigenvalue weighted by Gasteiger charge is 2.43. The van der Waals surface area contributed by atoms with Gasteiger partial charge in [-0.2, -0.15) is 8.42 Å². The fourth-order valence-corrected chi connectivity index (χ4v) is 4.36. The molecule has 0 radical (unpaired) electrons. The summed E-state index contributed by atoms with van der Waals surface area (Å²) in [5.74, 6) is -0.669. The lowest BCUT2D eigenvalue weighted by atomic mass is 9.96. The molecular weight excluding hydrogens is 458 g/mol. The van der Waals surface area contributed by atoms with E-state index in [1.165, 1.54) is 26.4 Å². The molecule has 2 amide bonds. The molecule has 3 aromatic carbocycles. The van der Waals surface area contributed by atoms with Gasteiger partial charge in [0.25, 0.3) is 11.8 Å². The van der Waals surface area contributed by atoms with E-state index in [-0.39, 0.29) is 21.1 Å².